The fourth-order valence-corrected chi connectivity index (χ4v) is 3.75. The maximum Gasteiger partial charge on any atom is 0.312 e. The molecule has 1 aromatic carbocycles. The first-order valence-corrected chi connectivity index (χ1v) is 9.08. The molecule has 0 aliphatic carbocycles. The molecule has 26 heavy (non-hydrogen) atoms. The van der Waals surface area contributed by atoms with Crippen LogP contribution in [0.2, 0.25) is 0 Å². The maximum absolute atomic E-state index is 13.1. The van der Waals surface area contributed by atoms with E-state index in [4.69, 9.17) is 5.73 Å². The molecule has 2 aliphatic heterocycles. The molecule has 1 aromatic rings. The van der Waals surface area contributed by atoms with Gasteiger partial charge in [0, 0.05) is 51.0 Å². The van der Waals surface area contributed by atoms with Crippen LogP contribution in [0.1, 0.15) is 12.8 Å². The highest BCUT2D eigenvalue weighted by molar-refractivity contribution is 5.83. The number of urea groups is 1. The Hall–Kier alpha value is -2.35. The number of nitrogens with one attached hydrogen (secondary N) is 1. The van der Waals surface area contributed by atoms with Crippen molar-refractivity contribution in [3.63, 3.8) is 0 Å². The van der Waals surface area contributed by atoms with Gasteiger partial charge in [0.1, 0.15) is 5.82 Å². The normalized spacial score (nSPS) is 21.5. The molecular weight excluding hydrogens is 337 g/mol. The van der Waals surface area contributed by atoms with Gasteiger partial charge in [0.15, 0.2) is 0 Å². The van der Waals surface area contributed by atoms with Crippen molar-refractivity contribution in [1.29, 1.82) is 0 Å². The first kappa shape index (κ1) is 18.4. The molecule has 7 nitrogen and oxygen atoms in total. The second-order valence-corrected chi connectivity index (χ2v) is 6.85. The Labute approximate surface area is 152 Å². The van der Waals surface area contributed by atoms with Gasteiger partial charge >= 0.3 is 6.03 Å². The van der Waals surface area contributed by atoms with Crippen molar-refractivity contribution in [2.75, 3.05) is 50.7 Å². The number of amides is 3. The van der Waals surface area contributed by atoms with E-state index >= 15 is 0 Å². The molecule has 1 atom stereocenters. The van der Waals surface area contributed by atoms with Gasteiger partial charge in [-0.25, -0.2) is 9.18 Å². The zero-order valence-corrected chi connectivity index (χ0v) is 14.9. The topological polar surface area (TPSA) is 81.9 Å². The molecule has 0 aromatic heterocycles. The number of halogens is 1. The van der Waals surface area contributed by atoms with Crippen molar-refractivity contribution in [2.24, 2.45) is 5.73 Å². The number of benzene rings is 1. The van der Waals surface area contributed by atoms with E-state index < -0.39 is 6.03 Å². The highest BCUT2D eigenvalue weighted by Gasteiger charge is 2.30. The quantitative estimate of drug-likeness (QED) is 0.821. The average molecular weight is 363 g/mol. The summed E-state index contributed by atoms with van der Waals surface area (Å²) in [6.45, 7) is 4.99. The average Bonchev–Trinajstić information content (AvgIpc) is 2.67. The fraction of sp³-hybridized carbons (Fsp3) is 0.556. The van der Waals surface area contributed by atoms with Crippen molar-refractivity contribution < 1.29 is 14.0 Å². The lowest BCUT2D eigenvalue weighted by Crippen LogP contribution is -2.56. The first-order valence-electron chi connectivity index (χ1n) is 9.08. The van der Waals surface area contributed by atoms with Crippen LogP contribution in [0.15, 0.2) is 24.3 Å². The Bertz CT molecular complexity index is 631. The molecule has 142 valence electrons. The minimum Gasteiger partial charge on any atom is -0.369 e. The third kappa shape index (κ3) is 4.63. The summed E-state index contributed by atoms with van der Waals surface area (Å²) in [5.74, 6) is -0.302. The van der Waals surface area contributed by atoms with Crippen molar-refractivity contribution in [2.45, 2.75) is 18.9 Å². The number of hydrogen-bond acceptors (Lipinski definition) is 4. The van der Waals surface area contributed by atoms with E-state index in [0.29, 0.717) is 12.6 Å². The Morgan fingerprint density at radius 2 is 1.81 bits per heavy atom. The summed E-state index contributed by atoms with van der Waals surface area (Å²) >= 11 is 0. The zero-order chi connectivity index (χ0) is 18.5. The first-order chi connectivity index (χ1) is 12.5. The van der Waals surface area contributed by atoms with E-state index in [2.05, 4.69) is 15.1 Å². The molecule has 0 saturated carbocycles. The summed E-state index contributed by atoms with van der Waals surface area (Å²) in [6, 6.07) is 6.29. The number of piperidine rings is 1. The van der Waals surface area contributed by atoms with Crippen LogP contribution < -0.4 is 16.0 Å². The van der Waals surface area contributed by atoms with Crippen LogP contribution in [0.25, 0.3) is 0 Å². The molecule has 0 bridgehead atoms. The van der Waals surface area contributed by atoms with Gasteiger partial charge in [-0.2, -0.15) is 0 Å². The molecule has 3 N–H and O–H groups in total. The largest absolute Gasteiger partial charge is 0.369 e. The molecule has 2 heterocycles. The number of carbonyl (C=O) groups is 2. The van der Waals surface area contributed by atoms with E-state index in [9.17, 15) is 14.0 Å². The maximum atomic E-state index is 13.1. The SMILES string of the molecule is NC(=O)NCC(=O)N1CCCC(N2CCN(c3ccc(F)cc3)CC2)C1. The summed E-state index contributed by atoms with van der Waals surface area (Å²) in [5.41, 5.74) is 6.07. The number of nitrogens with zero attached hydrogens (tertiary/aromatic N) is 3. The lowest BCUT2D eigenvalue weighted by molar-refractivity contribution is -0.132. The molecule has 1 unspecified atom stereocenters. The molecule has 0 radical (unpaired) electrons. The standard InChI is InChI=1S/C18H26FN5O2/c19-14-3-5-15(6-4-14)22-8-10-23(11-9-22)16-2-1-7-24(13-16)17(25)12-21-18(20)26/h3-6,16H,1-2,7-13H2,(H3,20,21,26). The van der Waals surface area contributed by atoms with Gasteiger partial charge in [0.2, 0.25) is 5.91 Å². The van der Waals surface area contributed by atoms with Gasteiger partial charge in [-0.05, 0) is 37.1 Å². The number of piperazine rings is 1. The van der Waals surface area contributed by atoms with E-state index in [0.717, 1.165) is 51.3 Å². The van der Waals surface area contributed by atoms with Gasteiger partial charge < -0.3 is 20.9 Å². The third-order valence-electron chi connectivity index (χ3n) is 5.19. The number of anilines is 1. The van der Waals surface area contributed by atoms with Crippen molar-refractivity contribution in [3.05, 3.63) is 30.1 Å². The number of hydrogen-bond donors (Lipinski definition) is 2. The minimum absolute atomic E-state index is 0.0413. The molecule has 2 fully saturated rings. The minimum atomic E-state index is -0.677. The van der Waals surface area contributed by atoms with Crippen LogP contribution in [0, 0.1) is 5.82 Å². The second kappa shape index (κ2) is 8.35. The van der Waals surface area contributed by atoms with Crippen LogP contribution in [-0.2, 0) is 4.79 Å². The van der Waals surface area contributed by atoms with Gasteiger partial charge in [0.05, 0.1) is 6.54 Å². The van der Waals surface area contributed by atoms with Crippen LogP contribution in [-0.4, -0.2) is 73.6 Å². The van der Waals surface area contributed by atoms with E-state index in [1.807, 2.05) is 17.0 Å². The number of carbonyl (C=O) groups excluding carboxylic acids is 2. The predicted molar refractivity (Wildman–Crippen MR) is 97.4 cm³/mol. The fourth-order valence-electron chi connectivity index (χ4n) is 3.75. The Morgan fingerprint density at radius 3 is 2.46 bits per heavy atom. The van der Waals surface area contributed by atoms with Crippen LogP contribution >= 0.6 is 0 Å². The highest BCUT2D eigenvalue weighted by Crippen LogP contribution is 2.21. The lowest BCUT2D eigenvalue weighted by atomic mass is 10.0. The second-order valence-electron chi connectivity index (χ2n) is 6.85. The van der Waals surface area contributed by atoms with Gasteiger partial charge in [0.25, 0.3) is 0 Å². The Kier molecular flexibility index (Phi) is 5.92. The van der Waals surface area contributed by atoms with Crippen LogP contribution in [0.4, 0.5) is 14.9 Å². The molecule has 3 rings (SSSR count). The van der Waals surface area contributed by atoms with Crippen molar-refractivity contribution >= 4 is 17.6 Å². The smallest absolute Gasteiger partial charge is 0.312 e. The van der Waals surface area contributed by atoms with Gasteiger partial charge in [-0.1, -0.05) is 0 Å². The number of rotatable bonds is 4. The summed E-state index contributed by atoms with van der Waals surface area (Å²) in [5, 5.41) is 2.37. The monoisotopic (exact) mass is 363 g/mol. The summed E-state index contributed by atoms with van der Waals surface area (Å²) < 4.78 is 13.1. The predicted octanol–water partition coefficient (Wildman–Crippen LogP) is 0.607. The highest BCUT2D eigenvalue weighted by atomic mass is 19.1. The van der Waals surface area contributed by atoms with Crippen LogP contribution in [0.5, 0.6) is 0 Å². The Morgan fingerprint density at radius 1 is 1.12 bits per heavy atom. The number of nitrogens with two attached hydrogens (primary N) is 1. The zero-order valence-electron chi connectivity index (χ0n) is 14.9. The summed E-state index contributed by atoms with van der Waals surface area (Å²) in [6.07, 6.45) is 2.04. The number of primary amides is 1. The number of likely N-dealkylation sites (tertiary alicyclic amines) is 1. The van der Waals surface area contributed by atoms with E-state index in [-0.39, 0.29) is 18.3 Å². The Balaban J connectivity index is 1.50. The molecule has 0 spiro atoms. The van der Waals surface area contributed by atoms with Crippen molar-refractivity contribution in [1.82, 2.24) is 15.1 Å². The molecule has 3 amide bonds. The van der Waals surface area contributed by atoms with Crippen LogP contribution in [0.3, 0.4) is 0 Å². The van der Waals surface area contributed by atoms with E-state index in [1.54, 1.807) is 0 Å². The molecule has 2 aliphatic rings. The molecular formula is C18H26FN5O2. The molecule has 2 saturated heterocycles. The lowest BCUT2D eigenvalue weighted by Gasteiger charge is -2.44. The summed E-state index contributed by atoms with van der Waals surface area (Å²) in [7, 11) is 0. The van der Waals surface area contributed by atoms with Gasteiger partial charge in [-0.3, -0.25) is 9.69 Å². The molecule has 8 heteroatoms. The van der Waals surface area contributed by atoms with Crippen molar-refractivity contribution in [3.8, 4) is 0 Å². The third-order valence-corrected chi connectivity index (χ3v) is 5.19. The summed E-state index contributed by atoms with van der Waals surface area (Å²) in [4.78, 5) is 29.5. The van der Waals surface area contributed by atoms with E-state index in [1.165, 1.54) is 12.1 Å². The van der Waals surface area contributed by atoms with Gasteiger partial charge in [-0.15, -0.1) is 0 Å².